The van der Waals surface area contributed by atoms with Crippen LogP contribution in [0.2, 0.25) is 0 Å². The summed E-state index contributed by atoms with van der Waals surface area (Å²) in [5, 5.41) is 25.4. The number of carboxylic acids is 1. The van der Waals surface area contributed by atoms with E-state index in [1.54, 1.807) is 54.7 Å². The number of fused-ring (bicyclic) bond motifs is 1. The molecule has 0 saturated heterocycles. The molecule has 7 amide bonds. The average Bonchev–Trinajstić information content (AvgIpc) is 3.64. The van der Waals surface area contributed by atoms with Crippen molar-refractivity contribution in [2.75, 3.05) is 18.1 Å². The van der Waals surface area contributed by atoms with Crippen LogP contribution in [0.1, 0.15) is 37.3 Å². The normalized spacial score (nSPS) is 14.3. The predicted molar refractivity (Wildman–Crippen MR) is 236 cm³/mol. The van der Waals surface area contributed by atoms with Gasteiger partial charge in [0.05, 0.1) is 12.5 Å². The lowest BCUT2D eigenvalue weighted by Gasteiger charge is -2.27. The Bertz CT molecular complexity index is 2080. The van der Waals surface area contributed by atoms with E-state index in [1.807, 2.05) is 6.07 Å². The third-order valence-corrected chi connectivity index (χ3v) is 10.1. The van der Waals surface area contributed by atoms with Crippen molar-refractivity contribution in [3.63, 3.8) is 0 Å². The van der Waals surface area contributed by atoms with E-state index < -0.39 is 96.0 Å². The molecule has 0 aliphatic rings. The van der Waals surface area contributed by atoms with Crippen molar-refractivity contribution in [1.29, 1.82) is 0 Å². The summed E-state index contributed by atoms with van der Waals surface area (Å²) in [7, 11) is 0. The van der Waals surface area contributed by atoms with Gasteiger partial charge in [0, 0.05) is 48.0 Å². The van der Waals surface area contributed by atoms with Crippen LogP contribution in [-0.4, -0.2) is 124 Å². The Balaban J connectivity index is 1.95. The zero-order chi connectivity index (χ0) is 45.9. The minimum absolute atomic E-state index is 0.0128. The van der Waals surface area contributed by atoms with Crippen LogP contribution in [0.3, 0.4) is 0 Å². The molecule has 3 aromatic rings. The number of H-pyrrole nitrogens is 1. The maximum Gasteiger partial charge on any atom is 0.327 e. The summed E-state index contributed by atoms with van der Waals surface area (Å²) in [6.45, 7) is 1.36. The fraction of sp³-hybridized carbons (Fsp3) is 0.410. The number of nitrogens with two attached hydrogens (primary N) is 4. The van der Waals surface area contributed by atoms with Gasteiger partial charge in [-0.3, -0.25) is 38.6 Å². The van der Waals surface area contributed by atoms with Crippen LogP contribution in [0, 0.1) is 0 Å². The molecule has 3 rings (SSSR count). The van der Waals surface area contributed by atoms with Crippen molar-refractivity contribution in [2.45, 2.75) is 81.3 Å². The number of hydrogen-bond acceptors (Lipinski definition) is 12. The summed E-state index contributed by atoms with van der Waals surface area (Å²) in [5.74, 6) is -7.95. The number of rotatable bonds is 25. The molecule has 62 heavy (non-hydrogen) atoms. The number of benzene rings is 2. The van der Waals surface area contributed by atoms with E-state index in [1.165, 1.54) is 6.92 Å². The smallest absolute Gasteiger partial charge is 0.327 e. The number of nitrogens with zero attached hydrogens (tertiary/aromatic N) is 1. The summed E-state index contributed by atoms with van der Waals surface area (Å²) < 4.78 is 0. The molecule has 0 aliphatic heterocycles. The van der Waals surface area contributed by atoms with Gasteiger partial charge in [-0.05, 0) is 37.0 Å². The third kappa shape index (κ3) is 15.9. The number of para-hydroxylation sites is 1. The molecule has 0 saturated carbocycles. The molecule has 0 bridgehead atoms. The topological polar surface area (TPSA) is 361 Å². The van der Waals surface area contributed by atoms with E-state index in [2.05, 4.69) is 67.1 Å². The van der Waals surface area contributed by atoms with E-state index in [9.17, 15) is 43.5 Å². The highest BCUT2D eigenvalue weighted by Crippen LogP contribution is 2.19. The number of aliphatic carboxylic acids is 1. The number of thiol groups is 2. The second-order valence-corrected chi connectivity index (χ2v) is 14.9. The van der Waals surface area contributed by atoms with Gasteiger partial charge < -0.3 is 64.9 Å². The molecule has 0 spiro atoms. The highest BCUT2D eigenvalue weighted by atomic mass is 32.1. The Labute approximate surface area is 367 Å². The number of aliphatic imine (C=N–C) groups is 1. The van der Waals surface area contributed by atoms with Gasteiger partial charge in [0.15, 0.2) is 5.96 Å². The van der Waals surface area contributed by atoms with Crippen molar-refractivity contribution in [2.24, 2.45) is 27.9 Å². The molecule has 336 valence electrons. The quantitative estimate of drug-likeness (QED) is 0.0176. The minimum atomic E-state index is -1.61. The molecule has 16 N–H and O–H groups in total. The highest BCUT2D eigenvalue weighted by Gasteiger charge is 2.34. The van der Waals surface area contributed by atoms with Crippen LogP contribution in [0.25, 0.3) is 10.9 Å². The van der Waals surface area contributed by atoms with Crippen LogP contribution in [-0.2, 0) is 51.2 Å². The average molecular weight is 899 g/mol. The summed E-state index contributed by atoms with van der Waals surface area (Å²) in [6.07, 6.45) is 0.777. The molecule has 21 nitrogen and oxygen atoms in total. The Kier molecular flexibility index (Phi) is 20.0. The molecular weight excluding hydrogens is 845 g/mol. The number of carbonyl (C=O) groups is 8. The van der Waals surface area contributed by atoms with Gasteiger partial charge in [0.25, 0.3) is 0 Å². The van der Waals surface area contributed by atoms with Crippen LogP contribution < -0.4 is 54.8 Å². The maximum atomic E-state index is 14.2. The molecule has 2 aromatic carbocycles. The molecular formula is C39H54N12O9S2. The van der Waals surface area contributed by atoms with E-state index in [-0.39, 0.29) is 49.7 Å². The highest BCUT2D eigenvalue weighted by molar-refractivity contribution is 7.80. The number of aromatic amines is 1. The van der Waals surface area contributed by atoms with Crippen LogP contribution in [0.4, 0.5) is 0 Å². The molecule has 0 fully saturated rings. The molecule has 0 radical (unpaired) electrons. The zero-order valence-electron chi connectivity index (χ0n) is 33.8. The fourth-order valence-corrected chi connectivity index (χ4v) is 6.43. The Morgan fingerprint density at radius 3 is 1.82 bits per heavy atom. The monoisotopic (exact) mass is 898 g/mol. The molecule has 0 aliphatic carbocycles. The van der Waals surface area contributed by atoms with Crippen molar-refractivity contribution in [3.05, 3.63) is 71.9 Å². The van der Waals surface area contributed by atoms with E-state index in [0.29, 0.717) is 11.1 Å². The summed E-state index contributed by atoms with van der Waals surface area (Å²) in [6, 6.07) is 6.24. The largest absolute Gasteiger partial charge is 0.480 e. The third-order valence-electron chi connectivity index (χ3n) is 9.35. The SMILES string of the molecule is C[C@@H](NC(=O)[C@@H](N)CS)C(=O)N[C@@H](CC(N)=O)C(=O)N[C@H](Cc1ccccc1)C(=O)N[C@@H](CCCN=C(N)N)C(=O)N[C@@H](Cc1c[nH]c2ccccc12)C(=O)N[C@@H](CS)C(=O)O. The number of nitrogens with one attached hydrogen (secondary N) is 7. The van der Waals surface area contributed by atoms with Crippen molar-refractivity contribution < 1.29 is 43.5 Å². The van der Waals surface area contributed by atoms with Gasteiger partial charge in [-0.25, -0.2) is 4.79 Å². The summed E-state index contributed by atoms with van der Waals surface area (Å²) >= 11 is 8.00. The van der Waals surface area contributed by atoms with E-state index in [4.69, 9.17) is 22.9 Å². The first-order valence-corrected chi connectivity index (χ1v) is 20.6. The number of amides is 7. The van der Waals surface area contributed by atoms with Crippen molar-refractivity contribution in [1.82, 2.24) is 36.9 Å². The standard InChI is InChI=1S/C39H54N12O9S2/c1-20(46-33(54)24(40)18-61)32(53)48-29(16-31(41)52)37(58)49-27(14-21-8-3-2-4-9-21)35(56)47-26(12-7-13-44-39(42)43)34(55)50-28(36(57)51-30(19-62)38(59)60)15-22-17-45-25-11-6-5-10-23(22)25/h2-6,8-11,17,20,24,26-30,45,61-62H,7,12-16,18-19,40H2,1H3,(H2,41,52)(H,46,54)(H,47,56)(H,48,53)(H,49,58)(H,50,55)(H,51,57)(H,59,60)(H4,42,43,44)/t20-,24+,26+,27-,28+,29+,30+/m1/s1. The fourth-order valence-electron chi connectivity index (χ4n) is 6.01. The first-order chi connectivity index (χ1) is 29.4. The van der Waals surface area contributed by atoms with Crippen molar-refractivity contribution >= 4 is 89.4 Å². The van der Waals surface area contributed by atoms with Gasteiger partial charge in [-0.1, -0.05) is 48.5 Å². The lowest BCUT2D eigenvalue weighted by molar-refractivity contribution is -0.141. The minimum Gasteiger partial charge on any atom is -0.480 e. The molecule has 0 unspecified atom stereocenters. The molecule has 1 aromatic heterocycles. The number of hydrogen-bond donors (Lipinski definition) is 14. The van der Waals surface area contributed by atoms with Gasteiger partial charge >= 0.3 is 5.97 Å². The first kappa shape index (κ1) is 50.0. The summed E-state index contributed by atoms with van der Waals surface area (Å²) in [4.78, 5) is 112. The number of carbonyl (C=O) groups excluding carboxylic acids is 7. The van der Waals surface area contributed by atoms with Crippen LogP contribution in [0.5, 0.6) is 0 Å². The predicted octanol–water partition coefficient (Wildman–Crippen LogP) is -2.92. The van der Waals surface area contributed by atoms with Gasteiger partial charge in [-0.2, -0.15) is 25.3 Å². The van der Waals surface area contributed by atoms with E-state index >= 15 is 0 Å². The summed E-state index contributed by atoms with van der Waals surface area (Å²) in [5.41, 5.74) is 24.0. The second-order valence-electron chi connectivity index (χ2n) is 14.2. The Morgan fingerprint density at radius 1 is 0.677 bits per heavy atom. The second kappa shape index (κ2) is 24.8. The van der Waals surface area contributed by atoms with Crippen LogP contribution in [0.15, 0.2) is 65.8 Å². The van der Waals surface area contributed by atoms with Gasteiger partial charge in [0.1, 0.15) is 36.3 Å². The van der Waals surface area contributed by atoms with Gasteiger partial charge in [-0.15, -0.1) is 0 Å². The van der Waals surface area contributed by atoms with Crippen molar-refractivity contribution in [3.8, 4) is 0 Å². The number of primary amides is 1. The van der Waals surface area contributed by atoms with E-state index in [0.717, 1.165) is 10.9 Å². The lowest BCUT2D eigenvalue weighted by Crippen LogP contribution is -2.60. The Morgan fingerprint density at radius 2 is 1.23 bits per heavy atom. The lowest BCUT2D eigenvalue weighted by atomic mass is 10.0. The van der Waals surface area contributed by atoms with Gasteiger partial charge in [0.2, 0.25) is 41.4 Å². The van der Waals surface area contributed by atoms with Crippen LogP contribution >= 0.6 is 25.3 Å². The number of carboxylic acid groups (broad SMARTS) is 1. The number of aromatic nitrogens is 1. The zero-order valence-corrected chi connectivity index (χ0v) is 35.6. The molecule has 1 heterocycles. The molecule has 23 heteroatoms. The molecule has 7 atom stereocenters. The number of guanidine groups is 1. The Hall–Kier alpha value is -6.33. The first-order valence-electron chi connectivity index (χ1n) is 19.4. The maximum absolute atomic E-state index is 14.2.